The number of nitrogens with zero attached hydrogens (tertiary/aromatic N) is 2. The Morgan fingerprint density at radius 3 is 2.42 bits per heavy atom. The van der Waals surface area contributed by atoms with E-state index in [4.69, 9.17) is 9.47 Å². The third-order valence-electron chi connectivity index (χ3n) is 5.59. The van der Waals surface area contributed by atoms with Crippen LogP contribution in [0.15, 0.2) is 54.1 Å². The molecule has 4 rings (SSSR count). The van der Waals surface area contributed by atoms with Gasteiger partial charge in [-0.25, -0.2) is 14.2 Å². The molecule has 1 saturated heterocycles. The third-order valence-corrected chi connectivity index (χ3v) is 6.73. The van der Waals surface area contributed by atoms with Crippen molar-refractivity contribution in [2.24, 2.45) is 0 Å². The first-order valence-electron chi connectivity index (χ1n) is 11.1. The number of aryl methyl sites for hydroxylation is 1. The summed E-state index contributed by atoms with van der Waals surface area (Å²) in [4.78, 5) is 44.2. The molecule has 2 heterocycles. The summed E-state index contributed by atoms with van der Waals surface area (Å²) in [6, 6.07) is 10.6. The van der Waals surface area contributed by atoms with E-state index < -0.39 is 35.3 Å². The number of anilines is 1. The van der Waals surface area contributed by atoms with E-state index in [1.807, 2.05) is 6.92 Å². The summed E-state index contributed by atoms with van der Waals surface area (Å²) in [5.74, 6) is -2.79. The van der Waals surface area contributed by atoms with Gasteiger partial charge in [-0.05, 0) is 55.3 Å². The molecule has 0 saturated carbocycles. The maximum Gasteiger partial charge on any atom is 0.350 e. The minimum atomic E-state index is -1.10. The Labute approximate surface area is 210 Å². The molecule has 1 aromatic heterocycles. The van der Waals surface area contributed by atoms with Crippen LogP contribution in [-0.2, 0) is 14.3 Å². The number of carbonyl (C=O) groups is 3. The van der Waals surface area contributed by atoms with Crippen molar-refractivity contribution in [2.45, 2.75) is 26.3 Å². The fraction of sp³-hybridized carbons (Fsp3) is 0.231. The van der Waals surface area contributed by atoms with E-state index in [-0.39, 0.29) is 15.6 Å². The molecule has 1 amide bonds. The highest BCUT2D eigenvalue weighted by Gasteiger charge is 2.48. The first-order chi connectivity index (χ1) is 17.3. The zero-order valence-corrected chi connectivity index (χ0v) is 20.6. The number of thiazole rings is 1. The molecule has 186 valence electrons. The van der Waals surface area contributed by atoms with Crippen LogP contribution in [0.5, 0.6) is 5.75 Å². The van der Waals surface area contributed by atoms with Gasteiger partial charge < -0.3 is 14.6 Å². The van der Waals surface area contributed by atoms with Crippen LogP contribution >= 0.6 is 11.3 Å². The number of methoxy groups -OCH3 is 1. The smallest absolute Gasteiger partial charge is 0.350 e. The lowest BCUT2D eigenvalue weighted by Gasteiger charge is -2.23. The zero-order chi connectivity index (χ0) is 26.0. The van der Waals surface area contributed by atoms with Crippen molar-refractivity contribution in [1.82, 2.24) is 4.98 Å². The van der Waals surface area contributed by atoms with E-state index >= 15 is 0 Å². The van der Waals surface area contributed by atoms with Gasteiger partial charge in [-0.15, -0.1) is 0 Å². The minimum Gasteiger partial charge on any atom is -0.507 e. The number of benzene rings is 2. The lowest BCUT2D eigenvalue weighted by atomic mass is 9.95. The molecule has 0 radical (unpaired) electrons. The number of aliphatic hydroxyl groups excluding tert-OH is 1. The summed E-state index contributed by atoms with van der Waals surface area (Å²) in [6.07, 6.45) is 0.830. The fourth-order valence-corrected chi connectivity index (χ4v) is 4.85. The molecule has 10 heteroatoms. The van der Waals surface area contributed by atoms with Gasteiger partial charge in [0.25, 0.3) is 5.78 Å². The second kappa shape index (κ2) is 10.3. The highest BCUT2D eigenvalue weighted by atomic mass is 32.1. The molecule has 1 fully saturated rings. The van der Waals surface area contributed by atoms with Crippen molar-refractivity contribution < 1.29 is 33.4 Å². The van der Waals surface area contributed by atoms with Gasteiger partial charge in [0, 0.05) is 5.56 Å². The second-order valence-electron chi connectivity index (χ2n) is 8.00. The monoisotopic (exact) mass is 510 g/mol. The van der Waals surface area contributed by atoms with Crippen molar-refractivity contribution in [1.29, 1.82) is 0 Å². The minimum absolute atomic E-state index is 0.0756. The van der Waals surface area contributed by atoms with Crippen LogP contribution in [0.3, 0.4) is 0 Å². The standard InChI is InChI=1S/C26H23FN2O6S/c1-4-13-35-18-11-7-16(8-12-18)21(30)19-20(15-5-9-17(27)10-6-15)29(24(32)22(19)31)26-28-14(2)23(36-26)25(33)34-3/h5-12,20,30H,4,13H2,1-3H3/t20-/m0/s1. The van der Waals surface area contributed by atoms with Crippen LogP contribution in [0.2, 0.25) is 0 Å². The van der Waals surface area contributed by atoms with E-state index in [0.717, 1.165) is 22.7 Å². The Kier molecular flexibility index (Phi) is 7.16. The number of rotatable bonds is 7. The first kappa shape index (κ1) is 25.1. The summed E-state index contributed by atoms with van der Waals surface area (Å²) in [6.45, 7) is 4.09. The van der Waals surface area contributed by atoms with Gasteiger partial charge in [0.05, 0.1) is 31.0 Å². The van der Waals surface area contributed by atoms with Crippen LogP contribution in [0.25, 0.3) is 5.76 Å². The van der Waals surface area contributed by atoms with Crippen LogP contribution in [-0.4, -0.2) is 41.5 Å². The van der Waals surface area contributed by atoms with Gasteiger partial charge in [0.1, 0.15) is 22.2 Å². The van der Waals surface area contributed by atoms with Crippen LogP contribution in [0.4, 0.5) is 9.52 Å². The lowest BCUT2D eigenvalue weighted by molar-refractivity contribution is -0.132. The summed E-state index contributed by atoms with van der Waals surface area (Å²) in [5, 5.41) is 11.3. The zero-order valence-electron chi connectivity index (χ0n) is 19.8. The van der Waals surface area contributed by atoms with E-state index in [1.165, 1.54) is 31.4 Å². The van der Waals surface area contributed by atoms with Crippen molar-refractivity contribution in [2.75, 3.05) is 18.6 Å². The van der Waals surface area contributed by atoms with Gasteiger partial charge in [0.2, 0.25) is 0 Å². The van der Waals surface area contributed by atoms with Crippen molar-refractivity contribution in [3.8, 4) is 5.75 Å². The second-order valence-corrected chi connectivity index (χ2v) is 8.97. The number of carbonyl (C=O) groups excluding carboxylic acids is 3. The molecule has 1 aliphatic heterocycles. The number of ether oxygens (including phenoxy) is 2. The van der Waals surface area contributed by atoms with Crippen molar-refractivity contribution in [3.05, 3.63) is 81.6 Å². The largest absolute Gasteiger partial charge is 0.507 e. The molecule has 0 spiro atoms. The van der Waals surface area contributed by atoms with Crippen LogP contribution in [0, 0.1) is 12.7 Å². The maximum absolute atomic E-state index is 13.7. The highest BCUT2D eigenvalue weighted by Crippen LogP contribution is 2.44. The quantitative estimate of drug-likeness (QED) is 0.211. The molecule has 0 aliphatic carbocycles. The van der Waals surface area contributed by atoms with Gasteiger partial charge >= 0.3 is 11.9 Å². The Morgan fingerprint density at radius 1 is 1.14 bits per heavy atom. The molecule has 2 aromatic carbocycles. The molecule has 0 bridgehead atoms. The van der Waals surface area contributed by atoms with Gasteiger partial charge in [-0.2, -0.15) is 0 Å². The summed E-state index contributed by atoms with van der Waals surface area (Å²) in [7, 11) is 1.23. The predicted molar refractivity (Wildman–Crippen MR) is 132 cm³/mol. The molecule has 0 unspecified atom stereocenters. The van der Waals surface area contributed by atoms with Gasteiger partial charge in [-0.3, -0.25) is 14.5 Å². The summed E-state index contributed by atoms with van der Waals surface area (Å²) < 4.78 is 24.0. The molecule has 8 nitrogen and oxygen atoms in total. The Hall–Kier alpha value is -4.05. The lowest BCUT2D eigenvalue weighted by Crippen LogP contribution is -2.29. The summed E-state index contributed by atoms with van der Waals surface area (Å²) >= 11 is 0.888. The number of Topliss-reactive ketones (excluding diaryl/α,β-unsaturated/α-hetero) is 1. The summed E-state index contributed by atoms with van der Waals surface area (Å²) in [5.41, 5.74) is 0.827. The number of aliphatic hydroxyl groups is 1. The fourth-order valence-electron chi connectivity index (χ4n) is 3.84. The van der Waals surface area contributed by atoms with Crippen molar-refractivity contribution >= 4 is 39.9 Å². The number of amides is 1. The van der Waals surface area contributed by atoms with Crippen molar-refractivity contribution in [3.63, 3.8) is 0 Å². The number of hydrogen-bond acceptors (Lipinski definition) is 8. The number of halogens is 1. The first-order valence-corrected chi connectivity index (χ1v) is 11.9. The molecular weight excluding hydrogens is 487 g/mol. The molecule has 1 atom stereocenters. The number of ketones is 1. The third kappa shape index (κ3) is 4.59. The van der Waals surface area contributed by atoms with E-state index in [2.05, 4.69) is 4.98 Å². The van der Waals surface area contributed by atoms with Crippen LogP contribution in [0.1, 0.15) is 45.9 Å². The molecule has 3 aromatic rings. The number of hydrogen-bond donors (Lipinski definition) is 1. The van der Waals surface area contributed by atoms with Crippen LogP contribution < -0.4 is 9.64 Å². The maximum atomic E-state index is 13.7. The molecule has 1 N–H and O–H groups in total. The topological polar surface area (TPSA) is 106 Å². The molecule has 36 heavy (non-hydrogen) atoms. The van der Waals surface area contributed by atoms with E-state index in [1.54, 1.807) is 31.2 Å². The van der Waals surface area contributed by atoms with E-state index in [0.29, 0.717) is 29.2 Å². The Bertz CT molecular complexity index is 1350. The normalized spacial score (nSPS) is 16.9. The number of aromatic nitrogens is 1. The average Bonchev–Trinajstić information content (AvgIpc) is 3.39. The van der Waals surface area contributed by atoms with E-state index in [9.17, 15) is 23.9 Å². The average molecular weight is 511 g/mol. The molecular formula is C26H23FN2O6S. The Balaban J connectivity index is 1.85. The predicted octanol–water partition coefficient (Wildman–Crippen LogP) is 4.79. The molecule has 1 aliphatic rings. The van der Waals surface area contributed by atoms with Gasteiger partial charge in [-0.1, -0.05) is 30.4 Å². The highest BCUT2D eigenvalue weighted by molar-refractivity contribution is 7.17. The number of esters is 1. The SMILES string of the molecule is CCCOc1ccc(C(O)=C2C(=O)C(=O)N(c3nc(C)c(C(=O)OC)s3)[C@H]2c2ccc(F)cc2)cc1. The van der Waals surface area contributed by atoms with Gasteiger partial charge in [0.15, 0.2) is 5.13 Å². The Morgan fingerprint density at radius 2 is 1.81 bits per heavy atom.